The third-order valence-electron chi connectivity index (χ3n) is 4.93. The topological polar surface area (TPSA) is 49.4 Å². The molecule has 0 aromatic heterocycles. The van der Waals surface area contributed by atoms with E-state index < -0.39 is 5.41 Å². The monoisotopic (exact) mass is 330 g/mol. The van der Waals surface area contributed by atoms with Crippen LogP contribution in [-0.2, 0) is 15.0 Å². The first-order chi connectivity index (χ1) is 11.3. The van der Waals surface area contributed by atoms with Gasteiger partial charge in [0.2, 0.25) is 11.8 Å². The molecule has 1 saturated heterocycles. The molecule has 1 N–H and O–H groups in total. The van der Waals surface area contributed by atoms with Gasteiger partial charge in [0, 0.05) is 25.6 Å². The van der Waals surface area contributed by atoms with Crippen molar-refractivity contribution < 1.29 is 9.59 Å². The zero-order chi connectivity index (χ0) is 17.7. The van der Waals surface area contributed by atoms with Crippen molar-refractivity contribution in [2.45, 2.75) is 46.0 Å². The number of hydrogen-bond acceptors (Lipinski definition) is 2. The number of carbonyl (C=O) groups excluding carboxylic acids is 2. The van der Waals surface area contributed by atoms with Crippen LogP contribution < -0.4 is 5.32 Å². The van der Waals surface area contributed by atoms with Crippen molar-refractivity contribution in [3.05, 3.63) is 35.9 Å². The van der Waals surface area contributed by atoms with Crippen LogP contribution in [0.4, 0.5) is 0 Å². The van der Waals surface area contributed by atoms with Crippen molar-refractivity contribution in [3.8, 4) is 0 Å². The molecule has 1 heterocycles. The van der Waals surface area contributed by atoms with Gasteiger partial charge in [-0.15, -0.1) is 0 Å². The molecule has 1 aromatic rings. The van der Waals surface area contributed by atoms with Crippen molar-refractivity contribution in [2.75, 3.05) is 19.6 Å². The number of nitrogens with one attached hydrogen (secondary N) is 1. The van der Waals surface area contributed by atoms with E-state index in [1.165, 1.54) is 0 Å². The predicted molar refractivity (Wildman–Crippen MR) is 96.6 cm³/mol. The molecule has 1 aromatic carbocycles. The normalized spacial score (nSPS) is 18.5. The van der Waals surface area contributed by atoms with Gasteiger partial charge in [-0.2, -0.15) is 0 Å². The van der Waals surface area contributed by atoms with E-state index in [9.17, 15) is 9.59 Å². The molecule has 132 valence electrons. The third kappa shape index (κ3) is 4.37. The van der Waals surface area contributed by atoms with Crippen LogP contribution in [0.3, 0.4) is 0 Å². The smallest absolute Gasteiger partial charge is 0.232 e. The fourth-order valence-electron chi connectivity index (χ4n) is 3.24. The van der Waals surface area contributed by atoms with Crippen LogP contribution >= 0.6 is 0 Å². The Kier molecular flexibility index (Phi) is 6.03. The van der Waals surface area contributed by atoms with Crippen LogP contribution in [0.5, 0.6) is 0 Å². The number of benzene rings is 1. The second kappa shape index (κ2) is 7.82. The summed E-state index contributed by atoms with van der Waals surface area (Å²) < 4.78 is 0. The van der Waals surface area contributed by atoms with Gasteiger partial charge in [-0.05, 0) is 38.2 Å². The summed E-state index contributed by atoms with van der Waals surface area (Å²) in [6.45, 7) is 9.98. The summed E-state index contributed by atoms with van der Waals surface area (Å²) in [6, 6.07) is 9.96. The quantitative estimate of drug-likeness (QED) is 0.902. The number of amides is 2. The van der Waals surface area contributed by atoms with E-state index in [0.29, 0.717) is 12.5 Å². The van der Waals surface area contributed by atoms with Crippen LogP contribution in [0, 0.1) is 11.8 Å². The number of rotatable bonds is 5. The molecule has 0 aliphatic carbocycles. The fourth-order valence-corrected chi connectivity index (χ4v) is 3.24. The Morgan fingerprint density at radius 3 is 2.54 bits per heavy atom. The van der Waals surface area contributed by atoms with E-state index in [-0.39, 0.29) is 17.7 Å². The lowest BCUT2D eigenvalue weighted by molar-refractivity contribution is -0.138. The molecule has 24 heavy (non-hydrogen) atoms. The summed E-state index contributed by atoms with van der Waals surface area (Å²) in [5.74, 6) is 0.608. The number of piperidine rings is 1. The molecule has 1 fully saturated rings. The predicted octanol–water partition coefficient (Wildman–Crippen LogP) is 2.98. The highest BCUT2D eigenvalue weighted by Gasteiger charge is 2.35. The Morgan fingerprint density at radius 1 is 1.25 bits per heavy atom. The van der Waals surface area contributed by atoms with E-state index >= 15 is 0 Å². The lowest BCUT2D eigenvalue weighted by Gasteiger charge is -2.38. The molecule has 0 radical (unpaired) electrons. The van der Waals surface area contributed by atoms with Gasteiger partial charge in [0.05, 0.1) is 5.41 Å². The molecule has 4 nitrogen and oxygen atoms in total. The van der Waals surface area contributed by atoms with Gasteiger partial charge in [-0.1, -0.05) is 44.2 Å². The lowest BCUT2D eigenvalue weighted by atomic mass is 9.82. The summed E-state index contributed by atoms with van der Waals surface area (Å²) >= 11 is 0. The summed E-state index contributed by atoms with van der Waals surface area (Å²) in [5.41, 5.74) is 0.523. The molecular formula is C20H30N2O2. The Labute approximate surface area is 145 Å². The van der Waals surface area contributed by atoms with E-state index in [0.717, 1.165) is 31.5 Å². The summed E-state index contributed by atoms with van der Waals surface area (Å²) in [6.07, 6.45) is 2.06. The van der Waals surface area contributed by atoms with Crippen LogP contribution in [0.1, 0.15) is 46.1 Å². The Morgan fingerprint density at radius 2 is 1.92 bits per heavy atom. The van der Waals surface area contributed by atoms with E-state index in [4.69, 9.17) is 0 Å². The molecule has 1 atom stereocenters. The molecule has 0 spiro atoms. The van der Waals surface area contributed by atoms with Crippen molar-refractivity contribution in [2.24, 2.45) is 11.8 Å². The van der Waals surface area contributed by atoms with Crippen LogP contribution in [0.25, 0.3) is 0 Å². The summed E-state index contributed by atoms with van der Waals surface area (Å²) in [4.78, 5) is 26.8. The van der Waals surface area contributed by atoms with E-state index in [2.05, 4.69) is 5.32 Å². The maximum absolute atomic E-state index is 13.1. The average Bonchev–Trinajstić information content (AvgIpc) is 2.59. The molecule has 1 aliphatic rings. The van der Waals surface area contributed by atoms with Crippen molar-refractivity contribution in [1.29, 1.82) is 0 Å². The molecule has 4 heteroatoms. The van der Waals surface area contributed by atoms with Crippen LogP contribution in [-0.4, -0.2) is 36.3 Å². The number of carbonyl (C=O) groups is 2. The largest absolute Gasteiger partial charge is 0.356 e. The Bertz CT molecular complexity index is 566. The van der Waals surface area contributed by atoms with Gasteiger partial charge >= 0.3 is 0 Å². The van der Waals surface area contributed by atoms with Crippen LogP contribution in [0.2, 0.25) is 0 Å². The summed E-state index contributed by atoms with van der Waals surface area (Å²) in [5, 5.41) is 3.00. The molecular weight excluding hydrogens is 300 g/mol. The first kappa shape index (κ1) is 18.5. The number of hydrogen-bond donors (Lipinski definition) is 1. The fraction of sp³-hybridized carbons (Fsp3) is 0.600. The molecule has 2 rings (SSSR count). The highest BCUT2D eigenvalue weighted by atomic mass is 16.2. The molecule has 1 aliphatic heterocycles. The highest BCUT2D eigenvalue weighted by Crippen LogP contribution is 2.28. The van der Waals surface area contributed by atoms with Gasteiger partial charge in [-0.25, -0.2) is 0 Å². The maximum Gasteiger partial charge on any atom is 0.232 e. The van der Waals surface area contributed by atoms with Crippen molar-refractivity contribution in [3.63, 3.8) is 0 Å². The molecule has 2 amide bonds. The molecule has 0 bridgehead atoms. The summed E-state index contributed by atoms with van der Waals surface area (Å²) in [7, 11) is 0. The van der Waals surface area contributed by atoms with Crippen LogP contribution in [0.15, 0.2) is 30.3 Å². The average molecular weight is 330 g/mol. The second-order valence-corrected chi connectivity index (χ2v) is 7.65. The van der Waals surface area contributed by atoms with Crippen molar-refractivity contribution in [1.82, 2.24) is 10.2 Å². The Hall–Kier alpha value is -1.84. The van der Waals surface area contributed by atoms with Crippen molar-refractivity contribution >= 4 is 11.8 Å². The SMILES string of the molecule is CC(C)C(=O)NC[C@@H]1CCCN(C(=O)C(C)(C)c2ccccc2)C1. The molecule has 0 unspecified atom stereocenters. The lowest BCUT2D eigenvalue weighted by Crippen LogP contribution is -2.49. The first-order valence-electron chi connectivity index (χ1n) is 8.95. The maximum atomic E-state index is 13.1. The van der Waals surface area contributed by atoms with Gasteiger partial charge in [0.1, 0.15) is 0 Å². The van der Waals surface area contributed by atoms with Gasteiger partial charge in [0.15, 0.2) is 0 Å². The van der Waals surface area contributed by atoms with Gasteiger partial charge in [0.25, 0.3) is 0 Å². The zero-order valence-corrected chi connectivity index (χ0v) is 15.3. The third-order valence-corrected chi connectivity index (χ3v) is 4.93. The standard InChI is InChI=1S/C20H30N2O2/c1-15(2)18(23)21-13-16-9-8-12-22(14-16)19(24)20(3,4)17-10-6-5-7-11-17/h5-7,10-11,15-16H,8-9,12-14H2,1-4H3,(H,21,23)/t16-/m0/s1. The minimum absolute atomic E-state index is 0.00309. The second-order valence-electron chi connectivity index (χ2n) is 7.65. The van der Waals surface area contributed by atoms with E-state index in [1.54, 1.807) is 0 Å². The minimum atomic E-state index is -0.523. The van der Waals surface area contributed by atoms with Gasteiger partial charge in [-0.3, -0.25) is 9.59 Å². The first-order valence-corrected chi connectivity index (χ1v) is 8.95. The zero-order valence-electron chi connectivity index (χ0n) is 15.3. The molecule has 0 saturated carbocycles. The van der Waals surface area contributed by atoms with E-state index in [1.807, 2.05) is 62.9 Å². The number of likely N-dealkylation sites (tertiary alicyclic amines) is 1. The Balaban J connectivity index is 1.98. The minimum Gasteiger partial charge on any atom is -0.356 e. The highest BCUT2D eigenvalue weighted by molar-refractivity contribution is 5.87. The van der Waals surface area contributed by atoms with Gasteiger partial charge < -0.3 is 10.2 Å². The number of nitrogens with zero attached hydrogens (tertiary/aromatic N) is 1.